The molecule has 27 heavy (non-hydrogen) atoms. The number of hydrogen-bond acceptors (Lipinski definition) is 7. The number of nitrogens with one attached hydrogen (secondary N) is 2. The molecule has 2 heterocycles. The van der Waals surface area contributed by atoms with Crippen LogP contribution in [0.1, 0.15) is 39.0 Å². The zero-order valence-corrected chi connectivity index (χ0v) is 15.2. The number of carbonyl (C=O) groups excluding carboxylic acids is 3. The average Bonchev–Trinajstić information content (AvgIpc) is 3.18. The lowest BCUT2D eigenvalue weighted by Crippen LogP contribution is -2.50. The number of carbonyl (C=O) groups is 3. The minimum absolute atomic E-state index is 0.277. The van der Waals surface area contributed by atoms with Crippen LogP contribution in [0.4, 0.5) is 5.82 Å². The van der Waals surface area contributed by atoms with Crippen molar-refractivity contribution in [3.05, 3.63) is 18.6 Å². The number of hydroxylamine groups is 1. The maximum absolute atomic E-state index is 13.0. The highest BCUT2D eigenvalue weighted by Crippen LogP contribution is 2.25. The molecule has 148 valence electrons. The van der Waals surface area contributed by atoms with Crippen LogP contribution in [0.15, 0.2) is 18.6 Å². The summed E-state index contributed by atoms with van der Waals surface area (Å²) >= 11 is 0. The number of aliphatic hydroxyl groups excluding tert-OH is 1. The van der Waals surface area contributed by atoms with E-state index in [9.17, 15) is 19.5 Å². The Bertz CT molecular complexity index is 656. The van der Waals surface area contributed by atoms with Crippen molar-refractivity contribution in [3.63, 3.8) is 0 Å². The van der Waals surface area contributed by atoms with Crippen molar-refractivity contribution in [2.45, 2.75) is 51.2 Å². The monoisotopic (exact) mass is 379 g/mol. The number of aromatic nitrogens is 2. The van der Waals surface area contributed by atoms with E-state index in [1.165, 1.54) is 29.0 Å². The number of nitrogens with zero attached hydrogens (tertiary/aromatic N) is 3. The van der Waals surface area contributed by atoms with Gasteiger partial charge in [0.25, 0.3) is 5.91 Å². The van der Waals surface area contributed by atoms with Crippen LogP contribution in [0.25, 0.3) is 0 Å². The smallest absolute Gasteiger partial charge is 0.272 e. The van der Waals surface area contributed by atoms with Crippen LogP contribution in [0.2, 0.25) is 0 Å². The maximum Gasteiger partial charge on any atom is 0.272 e. The summed E-state index contributed by atoms with van der Waals surface area (Å²) in [5, 5.41) is 21.6. The van der Waals surface area contributed by atoms with E-state index in [-0.39, 0.29) is 12.2 Å². The largest absolute Gasteiger partial charge is 0.382 e. The van der Waals surface area contributed by atoms with Gasteiger partial charge in [-0.15, -0.1) is 0 Å². The fraction of sp³-hybridized carbons (Fsp3) is 0.588. The van der Waals surface area contributed by atoms with E-state index in [2.05, 4.69) is 15.3 Å². The molecular formula is C17H25N5O5. The summed E-state index contributed by atoms with van der Waals surface area (Å²) in [5.41, 5.74) is 1.38. The molecule has 3 atom stereocenters. The van der Waals surface area contributed by atoms with Crippen LogP contribution in [-0.4, -0.2) is 61.6 Å². The summed E-state index contributed by atoms with van der Waals surface area (Å²) in [6.07, 6.45) is 5.42. The zero-order valence-electron chi connectivity index (χ0n) is 15.2. The fourth-order valence-corrected chi connectivity index (χ4v) is 3.18. The van der Waals surface area contributed by atoms with Crippen molar-refractivity contribution in [3.8, 4) is 0 Å². The number of likely N-dealkylation sites (tertiary alicyclic amines) is 1. The molecule has 0 bridgehead atoms. The molecule has 4 N–H and O–H groups in total. The van der Waals surface area contributed by atoms with Crippen molar-refractivity contribution < 1.29 is 24.7 Å². The molecule has 1 aliphatic heterocycles. The van der Waals surface area contributed by atoms with Crippen molar-refractivity contribution in [2.75, 3.05) is 11.9 Å². The predicted molar refractivity (Wildman–Crippen MR) is 94.3 cm³/mol. The Labute approximate surface area is 156 Å². The average molecular weight is 379 g/mol. The molecule has 0 spiro atoms. The van der Waals surface area contributed by atoms with Gasteiger partial charge in [0.15, 0.2) is 5.82 Å². The second-order valence-electron chi connectivity index (χ2n) is 6.44. The number of unbranched alkanes of at least 4 members (excludes halogenated alkanes) is 1. The van der Waals surface area contributed by atoms with Crippen LogP contribution in [0.3, 0.4) is 0 Å². The molecule has 10 nitrogen and oxygen atoms in total. The van der Waals surface area contributed by atoms with Gasteiger partial charge >= 0.3 is 0 Å². The first-order valence-electron chi connectivity index (χ1n) is 8.99. The third-order valence-corrected chi connectivity index (χ3v) is 4.60. The summed E-state index contributed by atoms with van der Waals surface area (Å²) in [6, 6.07) is -0.715. The Balaban J connectivity index is 2.12. The van der Waals surface area contributed by atoms with Gasteiger partial charge in [0, 0.05) is 18.9 Å². The molecule has 0 aliphatic carbocycles. The Morgan fingerprint density at radius 1 is 1.37 bits per heavy atom. The summed E-state index contributed by atoms with van der Waals surface area (Å²) in [5.74, 6) is -2.65. The van der Waals surface area contributed by atoms with Gasteiger partial charge in [0.1, 0.15) is 12.1 Å². The quantitative estimate of drug-likeness (QED) is 0.370. The third-order valence-electron chi connectivity index (χ3n) is 4.60. The lowest BCUT2D eigenvalue weighted by Gasteiger charge is -2.29. The van der Waals surface area contributed by atoms with Gasteiger partial charge in [-0.3, -0.25) is 24.6 Å². The van der Waals surface area contributed by atoms with E-state index in [4.69, 9.17) is 5.21 Å². The normalized spacial score (nSPS) is 18.6. The van der Waals surface area contributed by atoms with Gasteiger partial charge in [-0.05, 0) is 19.3 Å². The summed E-state index contributed by atoms with van der Waals surface area (Å²) in [7, 11) is 0. The molecule has 3 unspecified atom stereocenters. The van der Waals surface area contributed by atoms with E-state index < -0.39 is 35.8 Å². The van der Waals surface area contributed by atoms with Crippen LogP contribution in [-0.2, 0) is 14.4 Å². The van der Waals surface area contributed by atoms with Crippen molar-refractivity contribution in [1.82, 2.24) is 20.3 Å². The second kappa shape index (κ2) is 9.93. The number of anilines is 1. The Kier molecular flexibility index (Phi) is 7.62. The standard InChI is InChI=1S/C17H25N5O5/c1-2-3-5-11(14(23)16(25)21-27)17(26)22-9-4-6-12(22)15(24)20-13-10-18-7-8-19-13/h7-8,10-12,14,23,27H,2-6,9H2,1H3,(H,21,25)(H,19,20,24). The minimum Gasteiger partial charge on any atom is -0.382 e. The molecule has 1 aliphatic rings. The van der Waals surface area contributed by atoms with Crippen LogP contribution >= 0.6 is 0 Å². The molecule has 1 fully saturated rings. The highest BCUT2D eigenvalue weighted by molar-refractivity contribution is 5.98. The Hall–Kier alpha value is -2.59. The van der Waals surface area contributed by atoms with Crippen LogP contribution in [0, 0.1) is 5.92 Å². The highest BCUT2D eigenvalue weighted by Gasteiger charge is 2.41. The molecule has 0 saturated carbocycles. The molecule has 10 heteroatoms. The molecule has 2 rings (SSSR count). The number of amides is 3. The third kappa shape index (κ3) is 5.20. The van der Waals surface area contributed by atoms with E-state index in [0.717, 1.165) is 6.42 Å². The minimum atomic E-state index is -1.68. The highest BCUT2D eigenvalue weighted by atomic mass is 16.5. The van der Waals surface area contributed by atoms with Crippen LogP contribution in [0.5, 0.6) is 0 Å². The number of hydrogen-bond donors (Lipinski definition) is 4. The lowest BCUT2D eigenvalue weighted by atomic mass is 9.93. The molecule has 1 aromatic heterocycles. The van der Waals surface area contributed by atoms with Gasteiger partial charge < -0.3 is 15.3 Å². The molecule has 1 saturated heterocycles. The van der Waals surface area contributed by atoms with Gasteiger partial charge in [0.05, 0.1) is 12.1 Å². The molecule has 0 radical (unpaired) electrons. The molecule has 0 aromatic carbocycles. The van der Waals surface area contributed by atoms with Gasteiger partial charge in [-0.25, -0.2) is 10.5 Å². The zero-order chi connectivity index (χ0) is 19.8. The van der Waals surface area contributed by atoms with E-state index in [1.54, 1.807) is 0 Å². The predicted octanol–water partition coefficient (Wildman–Crippen LogP) is 0.0788. The summed E-state index contributed by atoms with van der Waals surface area (Å²) in [4.78, 5) is 46.4. The first kappa shape index (κ1) is 20.7. The van der Waals surface area contributed by atoms with E-state index in [1.807, 2.05) is 6.92 Å². The lowest BCUT2D eigenvalue weighted by molar-refractivity contribution is -0.152. The van der Waals surface area contributed by atoms with Gasteiger partial charge in [-0.1, -0.05) is 19.8 Å². The van der Waals surface area contributed by atoms with E-state index >= 15 is 0 Å². The fourth-order valence-electron chi connectivity index (χ4n) is 3.18. The summed E-state index contributed by atoms with van der Waals surface area (Å²) < 4.78 is 0. The maximum atomic E-state index is 13.0. The molecule has 3 amide bonds. The second-order valence-corrected chi connectivity index (χ2v) is 6.44. The Morgan fingerprint density at radius 3 is 2.78 bits per heavy atom. The van der Waals surface area contributed by atoms with Gasteiger partial charge in [-0.2, -0.15) is 0 Å². The topological polar surface area (TPSA) is 145 Å². The van der Waals surface area contributed by atoms with Gasteiger partial charge in [0.2, 0.25) is 11.8 Å². The van der Waals surface area contributed by atoms with Crippen LogP contribution < -0.4 is 10.8 Å². The Morgan fingerprint density at radius 2 is 2.15 bits per heavy atom. The van der Waals surface area contributed by atoms with Crippen molar-refractivity contribution >= 4 is 23.5 Å². The SMILES string of the molecule is CCCCC(C(=O)N1CCCC1C(=O)Nc1cnccn1)C(O)C(=O)NO. The van der Waals surface area contributed by atoms with Crippen molar-refractivity contribution in [1.29, 1.82) is 0 Å². The van der Waals surface area contributed by atoms with E-state index in [0.29, 0.717) is 25.8 Å². The van der Waals surface area contributed by atoms with Crippen molar-refractivity contribution in [2.24, 2.45) is 5.92 Å². The first-order chi connectivity index (χ1) is 13.0. The summed E-state index contributed by atoms with van der Waals surface area (Å²) in [6.45, 7) is 2.28. The number of rotatable bonds is 8. The first-order valence-corrected chi connectivity index (χ1v) is 8.99. The molecule has 1 aromatic rings. The molecular weight excluding hydrogens is 354 g/mol. The number of aliphatic hydroxyl groups is 1.